The van der Waals surface area contributed by atoms with E-state index in [1.54, 1.807) is 13.2 Å². The lowest BCUT2D eigenvalue weighted by molar-refractivity contribution is 0.419. The van der Waals surface area contributed by atoms with Gasteiger partial charge < -0.3 is 20.0 Å². The Hall–Kier alpha value is -2.43. The normalized spacial score (nSPS) is 10.9. The molecule has 0 atom stereocenters. The summed E-state index contributed by atoms with van der Waals surface area (Å²) in [6, 6.07) is 7.53. The van der Waals surface area contributed by atoms with E-state index in [2.05, 4.69) is 10.1 Å². The minimum Gasteiger partial charge on any atom is -0.495 e. The zero-order valence-corrected chi connectivity index (χ0v) is 9.23. The van der Waals surface area contributed by atoms with E-state index in [9.17, 15) is 0 Å². The first kappa shape index (κ1) is 9.77. The summed E-state index contributed by atoms with van der Waals surface area (Å²) in [5.74, 6) is 1.10. The van der Waals surface area contributed by atoms with Crippen LogP contribution in [-0.2, 0) is 0 Å². The molecule has 0 radical (unpaired) electrons. The smallest absolute Gasteiger partial charge is 0.222 e. The monoisotopic (exact) mass is 229 g/mol. The maximum absolute atomic E-state index is 5.52. The van der Waals surface area contributed by atoms with Crippen molar-refractivity contribution in [2.75, 3.05) is 12.8 Å². The van der Waals surface area contributed by atoms with E-state index in [1.165, 1.54) is 0 Å². The summed E-state index contributed by atoms with van der Waals surface area (Å²) in [7, 11) is 1.64. The van der Waals surface area contributed by atoms with Crippen molar-refractivity contribution in [1.29, 1.82) is 0 Å². The lowest BCUT2D eigenvalue weighted by Crippen LogP contribution is -1.83. The predicted molar refractivity (Wildman–Crippen MR) is 64.8 cm³/mol. The van der Waals surface area contributed by atoms with E-state index in [4.69, 9.17) is 15.0 Å². The number of para-hydroxylation sites is 1. The number of hydrogen-bond donors (Lipinski definition) is 2. The first-order valence-corrected chi connectivity index (χ1v) is 5.16. The number of nitrogens with two attached hydrogens (primary N) is 1. The minimum atomic E-state index is 0.303. The van der Waals surface area contributed by atoms with Crippen LogP contribution in [0.3, 0.4) is 0 Å². The highest BCUT2D eigenvalue weighted by Gasteiger charge is 2.12. The Morgan fingerprint density at radius 2 is 2.29 bits per heavy atom. The zero-order valence-electron chi connectivity index (χ0n) is 9.23. The summed E-state index contributed by atoms with van der Waals surface area (Å²) in [6.07, 6.45) is 1.87. The summed E-state index contributed by atoms with van der Waals surface area (Å²) in [5, 5.41) is 4.93. The molecule has 0 saturated carbocycles. The highest BCUT2D eigenvalue weighted by atomic mass is 16.5. The highest BCUT2D eigenvalue weighted by Crippen LogP contribution is 2.33. The lowest BCUT2D eigenvalue weighted by atomic mass is 10.1. The summed E-state index contributed by atoms with van der Waals surface area (Å²) < 4.78 is 10.2. The molecule has 86 valence electrons. The second kappa shape index (κ2) is 3.55. The maximum Gasteiger partial charge on any atom is 0.222 e. The van der Waals surface area contributed by atoms with E-state index in [0.29, 0.717) is 11.6 Å². The molecule has 0 fully saturated rings. The first-order chi connectivity index (χ1) is 8.29. The average Bonchev–Trinajstić information content (AvgIpc) is 2.94. The molecule has 5 nitrogen and oxygen atoms in total. The average molecular weight is 229 g/mol. The maximum atomic E-state index is 5.52. The number of nitrogens with zero attached hydrogens (tertiary/aromatic N) is 1. The zero-order chi connectivity index (χ0) is 11.8. The number of methoxy groups -OCH3 is 1. The van der Waals surface area contributed by atoms with Gasteiger partial charge in [-0.25, -0.2) is 0 Å². The van der Waals surface area contributed by atoms with Gasteiger partial charge in [0.1, 0.15) is 11.4 Å². The van der Waals surface area contributed by atoms with Gasteiger partial charge in [0, 0.05) is 23.2 Å². The van der Waals surface area contributed by atoms with Crippen LogP contribution in [0.1, 0.15) is 0 Å². The van der Waals surface area contributed by atoms with Crippen molar-refractivity contribution in [2.24, 2.45) is 0 Å². The Morgan fingerprint density at radius 3 is 3.00 bits per heavy atom. The molecule has 0 aliphatic carbocycles. The largest absolute Gasteiger partial charge is 0.495 e. The van der Waals surface area contributed by atoms with Crippen LogP contribution in [0.15, 0.2) is 35.0 Å². The third kappa shape index (κ3) is 1.44. The Kier molecular flexibility index (Phi) is 2.04. The van der Waals surface area contributed by atoms with Crippen LogP contribution in [0.4, 0.5) is 5.88 Å². The minimum absolute atomic E-state index is 0.303. The van der Waals surface area contributed by atoms with Gasteiger partial charge in [0.2, 0.25) is 5.88 Å². The SMILES string of the molecule is COc1cccc2c(-c3cc(N)on3)c[nH]c12. The molecule has 3 rings (SSSR count). The third-order valence-corrected chi connectivity index (χ3v) is 2.70. The summed E-state index contributed by atoms with van der Waals surface area (Å²) in [5.41, 5.74) is 8.11. The molecule has 2 aromatic heterocycles. The fourth-order valence-corrected chi connectivity index (χ4v) is 1.92. The number of fused-ring (bicyclic) bond motifs is 1. The number of rotatable bonds is 2. The molecular formula is C12H11N3O2. The molecule has 0 saturated heterocycles. The number of anilines is 1. The van der Waals surface area contributed by atoms with E-state index >= 15 is 0 Å². The Balaban J connectivity index is 2.25. The van der Waals surface area contributed by atoms with Crippen LogP contribution >= 0.6 is 0 Å². The Bertz CT molecular complexity index is 669. The van der Waals surface area contributed by atoms with Crippen molar-refractivity contribution < 1.29 is 9.26 Å². The van der Waals surface area contributed by atoms with Crippen LogP contribution in [0.25, 0.3) is 22.2 Å². The van der Waals surface area contributed by atoms with Crippen molar-refractivity contribution in [3.8, 4) is 17.0 Å². The molecule has 0 spiro atoms. The van der Waals surface area contributed by atoms with Crippen molar-refractivity contribution in [1.82, 2.24) is 10.1 Å². The van der Waals surface area contributed by atoms with Gasteiger partial charge in [0.05, 0.1) is 12.6 Å². The first-order valence-electron chi connectivity index (χ1n) is 5.16. The van der Waals surface area contributed by atoms with Crippen molar-refractivity contribution in [2.45, 2.75) is 0 Å². The number of aromatic amines is 1. The molecule has 17 heavy (non-hydrogen) atoms. The third-order valence-electron chi connectivity index (χ3n) is 2.70. The number of hydrogen-bond acceptors (Lipinski definition) is 4. The molecule has 0 aliphatic rings. The Morgan fingerprint density at radius 1 is 1.41 bits per heavy atom. The Labute approximate surface area is 97.2 Å². The summed E-state index contributed by atoms with van der Waals surface area (Å²) >= 11 is 0. The lowest BCUT2D eigenvalue weighted by Gasteiger charge is -2.00. The van der Waals surface area contributed by atoms with Gasteiger partial charge in [-0.1, -0.05) is 17.3 Å². The number of nitrogens with one attached hydrogen (secondary N) is 1. The summed E-state index contributed by atoms with van der Waals surface area (Å²) in [6.45, 7) is 0. The van der Waals surface area contributed by atoms with Crippen LogP contribution in [0.2, 0.25) is 0 Å². The number of aromatic nitrogens is 2. The van der Waals surface area contributed by atoms with Crippen LogP contribution in [-0.4, -0.2) is 17.3 Å². The topological polar surface area (TPSA) is 77.1 Å². The van der Waals surface area contributed by atoms with Gasteiger partial charge in [-0.3, -0.25) is 0 Å². The van der Waals surface area contributed by atoms with E-state index in [0.717, 1.165) is 22.2 Å². The van der Waals surface area contributed by atoms with Crippen LogP contribution < -0.4 is 10.5 Å². The number of H-pyrrole nitrogens is 1. The van der Waals surface area contributed by atoms with Gasteiger partial charge in [0.15, 0.2) is 0 Å². The highest BCUT2D eigenvalue weighted by molar-refractivity contribution is 5.97. The van der Waals surface area contributed by atoms with Crippen LogP contribution in [0, 0.1) is 0 Å². The van der Waals surface area contributed by atoms with Gasteiger partial charge in [-0.2, -0.15) is 0 Å². The molecule has 0 aliphatic heterocycles. The van der Waals surface area contributed by atoms with Crippen molar-refractivity contribution in [3.63, 3.8) is 0 Å². The second-order valence-corrected chi connectivity index (χ2v) is 3.70. The predicted octanol–water partition coefficient (Wildman–Crippen LogP) is 2.41. The van der Waals surface area contributed by atoms with Crippen molar-refractivity contribution in [3.05, 3.63) is 30.5 Å². The molecule has 0 bridgehead atoms. The molecule has 5 heteroatoms. The number of ether oxygens (including phenoxy) is 1. The van der Waals surface area contributed by atoms with Crippen molar-refractivity contribution >= 4 is 16.8 Å². The molecular weight excluding hydrogens is 218 g/mol. The van der Waals surface area contributed by atoms with Crippen LogP contribution in [0.5, 0.6) is 5.75 Å². The van der Waals surface area contributed by atoms with E-state index in [-0.39, 0.29) is 0 Å². The fraction of sp³-hybridized carbons (Fsp3) is 0.0833. The second-order valence-electron chi connectivity index (χ2n) is 3.70. The number of nitrogen functional groups attached to an aromatic ring is 1. The molecule has 1 aromatic carbocycles. The van der Waals surface area contributed by atoms with Gasteiger partial charge in [-0.15, -0.1) is 0 Å². The van der Waals surface area contributed by atoms with E-state index in [1.807, 2.05) is 24.4 Å². The molecule has 2 heterocycles. The quantitative estimate of drug-likeness (QED) is 0.707. The standard InChI is InChI=1S/C12H11N3O2/c1-16-10-4-2-3-7-8(6-14-12(7)10)9-5-11(13)17-15-9/h2-6,14H,13H2,1H3. The molecule has 3 aromatic rings. The van der Waals surface area contributed by atoms with Gasteiger partial charge >= 0.3 is 0 Å². The van der Waals surface area contributed by atoms with E-state index < -0.39 is 0 Å². The number of benzene rings is 1. The van der Waals surface area contributed by atoms with Gasteiger partial charge in [0.25, 0.3) is 0 Å². The molecule has 3 N–H and O–H groups in total. The summed E-state index contributed by atoms with van der Waals surface area (Å²) in [4.78, 5) is 3.17. The fourth-order valence-electron chi connectivity index (χ4n) is 1.92. The molecule has 0 amide bonds. The van der Waals surface area contributed by atoms with Gasteiger partial charge in [-0.05, 0) is 6.07 Å². The molecule has 0 unspecified atom stereocenters.